The highest BCUT2D eigenvalue weighted by atomic mass is 16.2. The smallest absolute Gasteiger partial charge is 0.255 e. The van der Waals surface area contributed by atoms with Gasteiger partial charge in [0.25, 0.3) is 5.91 Å². The minimum Gasteiger partial charge on any atom is -0.332 e. The molecule has 1 saturated heterocycles. The molecule has 3 heterocycles. The quantitative estimate of drug-likeness (QED) is 0.728. The fraction of sp³-hybridized carbons (Fsp3) is 0.409. The van der Waals surface area contributed by atoms with Crippen LogP contribution in [0.1, 0.15) is 66.8 Å². The van der Waals surface area contributed by atoms with E-state index in [2.05, 4.69) is 60.2 Å². The van der Waals surface area contributed by atoms with E-state index in [1.165, 1.54) is 11.1 Å². The standard InChI is InChI=1S/C22H26N4O/c1-14-18-12-16(13-23-20(18)25-24-14)21(27)26-11-5-6-19(26)15-7-9-17(10-8-15)22(2,3)4/h7-10,12-13,19H,5-6,11H2,1-4H3,(H,23,24,25)/t19-/m1/s1. The van der Waals surface area contributed by atoms with Crippen molar-refractivity contribution < 1.29 is 4.79 Å². The van der Waals surface area contributed by atoms with Crippen molar-refractivity contribution in [3.05, 3.63) is 58.9 Å². The topological polar surface area (TPSA) is 61.9 Å². The van der Waals surface area contributed by atoms with E-state index in [9.17, 15) is 4.79 Å². The van der Waals surface area contributed by atoms with Crippen molar-refractivity contribution >= 4 is 16.9 Å². The van der Waals surface area contributed by atoms with Crippen LogP contribution in [0.25, 0.3) is 11.0 Å². The molecule has 0 radical (unpaired) electrons. The van der Waals surface area contributed by atoms with E-state index in [-0.39, 0.29) is 17.4 Å². The number of likely N-dealkylation sites (tertiary alicyclic amines) is 1. The molecule has 0 aliphatic carbocycles. The molecule has 0 bridgehead atoms. The Morgan fingerprint density at radius 3 is 2.67 bits per heavy atom. The lowest BCUT2D eigenvalue weighted by atomic mass is 9.86. The third-order valence-electron chi connectivity index (χ3n) is 5.52. The maximum Gasteiger partial charge on any atom is 0.255 e. The summed E-state index contributed by atoms with van der Waals surface area (Å²) in [7, 11) is 0. The molecule has 0 spiro atoms. The van der Waals surface area contributed by atoms with Crippen LogP contribution in [-0.4, -0.2) is 32.5 Å². The van der Waals surface area contributed by atoms with Gasteiger partial charge in [-0.3, -0.25) is 9.89 Å². The summed E-state index contributed by atoms with van der Waals surface area (Å²) in [6, 6.07) is 10.8. The highest BCUT2D eigenvalue weighted by molar-refractivity contribution is 5.97. The lowest BCUT2D eigenvalue weighted by Gasteiger charge is -2.26. The number of rotatable bonds is 2. The van der Waals surface area contributed by atoms with Crippen molar-refractivity contribution in [2.45, 2.75) is 52.0 Å². The lowest BCUT2D eigenvalue weighted by Crippen LogP contribution is -2.30. The van der Waals surface area contributed by atoms with Gasteiger partial charge in [-0.2, -0.15) is 5.10 Å². The van der Waals surface area contributed by atoms with Gasteiger partial charge in [0.2, 0.25) is 0 Å². The van der Waals surface area contributed by atoms with Crippen LogP contribution in [0.3, 0.4) is 0 Å². The van der Waals surface area contributed by atoms with Crippen LogP contribution in [0.5, 0.6) is 0 Å². The summed E-state index contributed by atoms with van der Waals surface area (Å²) in [6.45, 7) is 9.38. The van der Waals surface area contributed by atoms with E-state index in [0.717, 1.165) is 30.5 Å². The number of hydrogen-bond acceptors (Lipinski definition) is 3. The first-order chi connectivity index (χ1) is 12.8. The number of amides is 1. The van der Waals surface area contributed by atoms with Crippen LogP contribution in [-0.2, 0) is 5.41 Å². The number of hydrogen-bond donors (Lipinski definition) is 1. The Hall–Kier alpha value is -2.69. The number of benzene rings is 1. The zero-order valence-electron chi connectivity index (χ0n) is 16.4. The first kappa shape index (κ1) is 17.7. The Labute approximate surface area is 159 Å². The molecular formula is C22H26N4O. The van der Waals surface area contributed by atoms with E-state index in [1.54, 1.807) is 6.20 Å². The molecule has 3 aromatic rings. The summed E-state index contributed by atoms with van der Waals surface area (Å²) >= 11 is 0. The lowest BCUT2D eigenvalue weighted by molar-refractivity contribution is 0.0735. The van der Waals surface area contributed by atoms with Gasteiger partial charge in [-0.1, -0.05) is 45.0 Å². The van der Waals surface area contributed by atoms with E-state index in [0.29, 0.717) is 11.2 Å². The molecule has 0 unspecified atom stereocenters. The highest BCUT2D eigenvalue weighted by Gasteiger charge is 2.31. The van der Waals surface area contributed by atoms with Gasteiger partial charge in [0, 0.05) is 23.8 Å². The normalized spacial score (nSPS) is 17.6. The van der Waals surface area contributed by atoms with Gasteiger partial charge in [0.1, 0.15) is 0 Å². The van der Waals surface area contributed by atoms with E-state index in [1.807, 2.05) is 17.9 Å². The number of aryl methyl sites for hydroxylation is 1. The van der Waals surface area contributed by atoms with Crippen LogP contribution in [0.4, 0.5) is 0 Å². The number of fused-ring (bicyclic) bond motifs is 1. The van der Waals surface area contributed by atoms with Gasteiger partial charge < -0.3 is 4.90 Å². The number of pyridine rings is 1. The van der Waals surface area contributed by atoms with Crippen molar-refractivity contribution in [2.24, 2.45) is 0 Å². The number of nitrogens with one attached hydrogen (secondary N) is 1. The molecule has 27 heavy (non-hydrogen) atoms. The van der Waals surface area contributed by atoms with Crippen molar-refractivity contribution in [2.75, 3.05) is 6.54 Å². The molecule has 5 heteroatoms. The zero-order valence-corrected chi connectivity index (χ0v) is 16.4. The summed E-state index contributed by atoms with van der Waals surface area (Å²) in [5, 5.41) is 7.98. The van der Waals surface area contributed by atoms with E-state index >= 15 is 0 Å². The molecule has 140 valence electrons. The Morgan fingerprint density at radius 2 is 1.96 bits per heavy atom. The van der Waals surface area contributed by atoms with Crippen molar-refractivity contribution in [3.8, 4) is 0 Å². The third-order valence-corrected chi connectivity index (χ3v) is 5.52. The van der Waals surface area contributed by atoms with Crippen molar-refractivity contribution in [1.82, 2.24) is 20.1 Å². The van der Waals surface area contributed by atoms with Gasteiger partial charge in [-0.25, -0.2) is 4.98 Å². The van der Waals surface area contributed by atoms with Crippen LogP contribution in [0, 0.1) is 6.92 Å². The largest absolute Gasteiger partial charge is 0.332 e. The summed E-state index contributed by atoms with van der Waals surface area (Å²) in [5.41, 5.74) is 4.87. The number of aromatic nitrogens is 3. The number of aromatic amines is 1. The van der Waals surface area contributed by atoms with Gasteiger partial charge in [-0.05, 0) is 42.4 Å². The molecule has 1 fully saturated rings. The molecule has 4 rings (SSSR count). The molecule has 5 nitrogen and oxygen atoms in total. The van der Waals surface area contributed by atoms with Crippen molar-refractivity contribution in [1.29, 1.82) is 0 Å². The number of carbonyl (C=O) groups excluding carboxylic acids is 1. The van der Waals surface area contributed by atoms with Gasteiger partial charge in [-0.15, -0.1) is 0 Å². The molecule has 1 N–H and O–H groups in total. The molecule has 2 aromatic heterocycles. The van der Waals surface area contributed by atoms with Crippen LogP contribution in [0.15, 0.2) is 36.5 Å². The minimum atomic E-state index is 0.0485. The fourth-order valence-electron chi connectivity index (χ4n) is 3.86. The van der Waals surface area contributed by atoms with Crippen LogP contribution in [0.2, 0.25) is 0 Å². The second-order valence-electron chi connectivity index (χ2n) is 8.47. The summed E-state index contributed by atoms with van der Waals surface area (Å²) in [6.07, 6.45) is 3.67. The fourth-order valence-corrected chi connectivity index (χ4v) is 3.86. The highest BCUT2D eigenvalue weighted by Crippen LogP contribution is 2.34. The monoisotopic (exact) mass is 362 g/mol. The summed E-state index contributed by atoms with van der Waals surface area (Å²) in [5.74, 6) is 0.0485. The number of H-pyrrole nitrogens is 1. The average molecular weight is 362 g/mol. The predicted octanol–water partition coefficient (Wildman–Crippen LogP) is 4.54. The predicted molar refractivity (Wildman–Crippen MR) is 107 cm³/mol. The molecule has 1 amide bonds. The summed E-state index contributed by atoms with van der Waals surface area (Å²) in [4.78, 5) is 19.5. The zero-order chi connectivity index (χ0) is 19.2. The Bertz CT molecular complexity index is 982. The number of nitrogens with zero attached hydrogens (tertiary/aromatic N) is 3. The maximum atomic E-state index is 13.2. The first-order valence-electron chi connectivity index (χ1n) is 9.57. The average Bonchev–Trinajstić information content (AvgIpc) is 3.27. The molecule has 1 aliphatic rings. The van der Waals surface area contributed by atoms with Gasteiger partial charge in [0.15, 0.2) is 5.65 Å². The molecule has 0 saturated carbocycles. The van der Waals surface area contributed by atoms with Gasteiger partial charge in [0.05, 0.1) is 11.6 Å². The molecule has 1 aliphatic heterocycles. The maximum absolute atomic E-state index is 13.2. The Kier molecular flexibility index (Phi) is 4.25. The van der Waals surface area contributed by atoms with Gasteiger partial charge >= 0.3 is 0 Å². The third kappa shape index (κ3) is 3.22. The second-order valence-corrected chi connectivity index (χ2v) is 8.47. The second kappa shape index (κ2) is 6.48. The minimum absolute atomic E-state index is 0.0485. The van der Waals surface area contributed by atoms with Crippen LogP contribution < -0.4 is 0 Å². The van der Waals surface area contributed by atoms with E-state index < -0.39 is 0 Å². The Balaban J connectivity index is 1.62. The first-order valence-corrected chi connectivity index (χ1v) is 9.57. The van der Waals surface area contributed by atoms with E-state index in [4.69, 9.17) is 0 Å². The SMILES string of the molecule is Cc1[nH]nc2ncc(C(=O)N3CCC[C@@H]3c3ccc(C(C)(C)C)cc3)cc12. The Morgan fingerprint density at radius 1 is 1.22 bits per heavy atom. The molecular weight excluding hydrogens is 336 g/mol. The summed E-state index contributed by atoms with van der Waals surface area (Å²) < 4.78 is 0. The number of carbonyl (C=O) groups is 1. The molecule has 1 aromatic carbocycles. The van der Waals surface area contributed by atoms with Crippen molar-refractivity contribution in [3.63, 3.8) is 0 Å². The molecule has 1 atom stereocenters. The van der Waals surface area contributed by atoms with Crippen LogP contribution >= 0.6 is 0 Å².